The van der Waals surface area contributed by atoms with Crippen LogP contribution >= 0.6 is 0 Å². The fraction of sp³-hybridized carbons (Fsp3) is 0.385. The van der Waals surface area contributed by atoms with Crippen molar-refractivity contribution in [3.8, 4) is 17.6 Å². The molecule has 0 spiro atoms. The molecule has 164 valence electrons. The highest BCUT2D eigenvalue weighted by Crippen LogP contribution is 2.43. The number of amides is 2. The maximum absolute atomic E-state index is 12.7. The predicted molar refractivity (Wildman–Crippen MR) is 119 cm³/mol. The summed E-state index contributed by atoms with van der Waals surface area (Å²) in [4.78, 5) is 28.7. The number of rotatable bonds is 4. The molecule has 3 atom stereocenters. The number of ether oxygens (including phenoxy) is 1. The van der Waals surface area contributed by atoms with Crippen molar-refractivity contribution in [3.63, 3.8) is 0 Å². The van der Waals surface area contributed by atoms with Crippen LogP contribution in [0.1, 0.15) is 35.4 Å². The minimum atomic E-state index is -0.237. The Bertz CT molecular complexity index is 1100. The number of nitrogens with zero attached hydrogens (tertiary/aromatic N) is 2. The Morgan fingerprint density at radius 1 is 1.12 bits per heavy atom. The van der Waals surface area contributed by atoms with Gasteiger partial charge in [-0.1, -0.05) is 30.0 Å². The molecule has 0 bridgehead atoms. The molecule has 2 saturated heterocycles. The first-order valence-corrected chi connectivity index (χ1v) is 11.1. The van der Waals surface area contributed by atoms with Crippen molar-refractivity contribution >= 4 is 11.8 Å². The fourth-order valence-electron chi connectivity index (χ4n) is 4.89. The van der Waals surface area contributed by atoms with E-state index in [0.717, 1.165) is 35.3 Å². The molecule has 0 radical (unpaired) electrons. The minimum Gasteiger partial charge on any atom is -0.497 e. The normalized spacial score (nSPS) is 24.2. The number of carbonyl (C=O) groups excluding carboxylic acids is 2. The monoisotopic (exact) mass is 430 g/mol. The Kier molecular flexibility index (Phi) is 5.36. The molecule has 0 aromatic heterocycles. The summed E-state index contributed by atoms with van der Waals surface area (Å²) in [7, 11) is 1.63. The van der Waals surface area contributed by atoms with Crippen LogP contribution < -0.4 is 4.74 Å². The molecule has 32 heavy (non-hydrogen) atoms. The van der Waals surface area contributed by atoms with E-state index in [2.05, 4.69) is 11.8 Å². The Labute approximate surface area is 187 Å². The van der Waals surface area contributed by atoms with Crippen LogP contribution in [0.15, 0.2) is 48.5 Å². The van der Waals surface area contributed by atoms with Crippen molar-refractivity contribution in [1.82, 2.24) is 9.80 Å². The van der Waals surface area contributed by atoms with Gasteiger partial charge >= 0.3 is 0 Å². The second kappa shape index (κ2) is 8.33. The second-order valence-electron chi connectivity index (χ2n) is 8.74. The van der Waals surface area contributed by atoms with Crippen LogP contribution in [-0.4, -0.2) is 65.6 Å². The third-order valence-corrected chi connectivity index (χ3v) is 6.71. The van der Waals surface area contributed by atoms with Gasteiger partial charge in [-0.05, 0) is 48.7 Å². The number of hydrogen-bond acceptors (Lipinski definition) is 4. The van der Waals surface area contributed by atoms with Crippen LogP contribution in [0.2, 0.25) is 0 Å². The smallest absolute Gasteiger partial charge is 0.242 e. The average molecular weight is 431 g/mol. The summed E-state index contributed by atoms with van der Waals surface area (Å²) >= 11 is 0. The van der Waals surface area contributed by atoms with Crippen LogP contribution in [0.25, 0.3) is 0 Å². The Balaban J connectivity index is 1.33. The SMILES string of the molecule is COc1cccc(C#Cc2ccc([C@H]3[C@@H](CO)N4C(=O)CN(C(=O)C5CC5)C[C@@H]34)cc2)c1. The lowest BCUT2D eigenvalue weighted by atomic mass is 9.73. The van der Waals surface area contributed by atoms with Gasteiger partial charge in [0.1, 0.15) is 5.75 Å². The molecule has 1 aliphatic carbocycles. The number of benzene rings is 2. The zero-order chi connectivity index (χ0) is 22.2. The summed E-state index contributed by atoms with van der Waals surface area (Å²) in [5.74, 6) is 7.25. The lowest BCUT2D eigenvalue weighted by Gasteiger charge is -2.58. The Hall–Kier alpha value is -3.30. The molecule has 2 aromatic carbocycles. The van der Waals surface area contributed by atoms with E-state index in [4.69, 9.17) is 4.74 Å². The molecule has 2 amide bonds. The first-order chi connectivity index (χ1) is 15.6. The average Bonchev–Trinajstić information content (AvgIpc) is 3.65. The fourth-order valence-corrected chi connectivity index (χ4v) is 4.89. The highest BCUT2D eigenvalue weighted by atomic mass is 16.5. The molecule has 1 N–H and O–H groups in total. The first kappa shape index (κ1) is 20.6. The highest BCUT2D eigenvalue weighted by molar-refractivity contribution is 5.89. The van der Waals surface area contributed by atoms with E-state index in [9.17, 15) is 14.7 Å². The van der Waals surface area contributed by atoms with Gasteiger partial charge in [0.15, 0.2) is 0 Å². The maximum Gasteiger partial charge on any atom is 0.242 e. The summed E-state index contributed by atoms with van der Waals surface area (Å²) in [6, 6.07) is 15.3. The van der Waals surface area contributed by atoms with Crippen molar-refractivity contribution in [1.29, 1.82) is 0 Å². The Morgan fingerprint density at radius 2 is 1.88 bits per heavy atom. The Morgan fingerprint density at radius 3 is 2.56 bits per heavy atom. The van der Waals surface area contributed by atoms with Gasteiger partial charge in [-0.25, -0.2) is 0 Å². The molecule has 6 heteroatoms. The number of fused-ring (bicyclic) bond motifs is 1. The van der Waals surface area contributed by atoms with Crippen LogP contribution in [0.3, 0.4) is 0 Å². The number of methoxy groups -OCH3 is 1. The van der Waals surface area contributed by atoms with Gasteiger partial charge in [0.25, 0.3) is 0 Å². The van der Waals surface area contributed by atoms with Gasteiger partial charge in [0.2, 0.25) is 11.8 Å². The van der Waals surface area contributed by atoms with Crippen LogP contribution in [-0.2, 0) is 9.59 Å². The molecule has 6 nitrogen and oxygen atoms in total. The maximum atomic E-state index is 12.7. The van der Waals surface area contributed by atoms with Crippen molar-refractivity contribution in [3.05, 3.63) is 65.2 Å². The standard InChI is InChI=1S/C26H26N2O4/c1-32-21-4-2-3-18(13-21)6-5-17-7-9-19(10-8-17)25-22-14-27(26(31)20-11-12-20)15-24(30)28(22)23(25)16-29/h2-4,7-10,13,20,22-23,25,29H,11-12,14-16H2,1H3/t22-,23+,25+/m0/s1. The molecule has 3 aliphatic rings. The molecular weight excluding hydrogens is 404 g/mol. The van der Waals surface area contributed by atoms with Crippen molar-refractivity contribution < 1.29 is 19.4 Å². The van der Waals surface area contributed by atoms with Gasteiger partial charge in [0.05, 0.1) is 32.3 Å². The van der Waals surface area contributed by atoms with E-state index in [1.807, 2.05) is 48.5 Å². The summed E-state index contributed by atoms with van der Waals surface area (Å²) in [5.41, 5.74) is 2.83. The van der Waals surface area contributed by atoms with E-state index in [-0.39, 0.29) is 48.9 Å². The van der Waals surface area contributed by atoms with E-state index < -0.39 is 0 Å². The topological polar surface area (TPSA) is 70.1 Å². The lowest BCUT2D eigenvalue weighted by molar-refractivity contribution is -0.167. The number of carbonyl (C=O) groups is 2. The number of piperazine rings is 1. The summed E-state index contributed by atoms with van der Waals surface area (Å²) in [6.45, 7) is 0.592. The van der Waals surface area contributed by atoms with Crippen LogP contribution in [0.5, 0.6) is 5.75 Å². The van der Waals surface area contributed by atoms with Crippen LogP contribution in [0, 0.1) is 17.8 Å². The summed E-state index contributed by atoms with van der Waals surface area (Å²) in [6.07, 6.45) is 1.86. The molecule has 3 fully saturated rings. The molecule has 5 rings (SSSR count). The quantitative estimate of drug-likeness (QED) is 0.754. The van der Waals surface area contributed by atoms with Crippen LogP contribution in [0.4, 0.5) is 0 Å². The minimum absolute atomic E-state index is 0.0131. The van der Waals surface area contributed by atoms with E-state index >= 15 is 0 Å². The summed E-state index contributed by atoms with van der Waals surface area (Å²) < 4.78 is 5.24. The lowest BCUT2D eigenvalue weighted by Crippen LogP contribution is -2.73. The number of hydrogen-bond donors (Lipinski definition) is 1. The van der Waals surface area contributed by atoms with Crippen molar-refractivity contribution in [2.75, 3.05) is 26.8 Å². The zero-order valence-electron chi connectivity index (χ0n) is 18.0. The van der Waals surface area contributed by atoms with E-state index in [1.54, 1.807) is 16.9 Å². The highest BCUT2D eigenvalue weighted by Gasteiger charge is 2.55. The van der Waals surface area contributed by atoms with Gasteiger partial charge < -0.3 is 19.6 Å². The van der Waals surface area contributed by atoms with Gasteiger partial charge in [-0.2, -0.15) is 0 Å². The molecular formula is C26H26N2O4. The summed E-state index contributed by atoms with van der Waals surface area (Å²) in [5, 5.41) is 9.95. The number of aliphatic hydroxyl groups excluding tert-OH is 1. The predicted octanol–water partition coefficient (Wildman–Crippen LogP) is 2.00. The van der Waals surface area contributed by atoms with E-state index in [1.165, 1.54) is 0 Å². The zero-order valence-corrected chi connectivity index (χ0v) is 18.0. The molecule has 0 unspecified atom stereocenters. The van der Waals surface area contributed by atoms with Gasteiger partial charge in [0, 0.05) is 29.5 Å². The molecule has 1 saturated carbocycles. The van der Waals surface area contributed by atoms with Gasteiger partial charge in [-0.3, -0.25) is 9.59 Å². The number of aliphatic hydroxyl groups is 1. The molecule has 2 aliphatic heterocycles. The van der Waals surface area contributed by atoms with Gasteiger partial charge in [-0.15, -0.1) is 0 Å². The molecule has 2 aromatic rings. The van der Waals surface area contributed by atoms with Crippen molar-refractivity contribution in [2.45, 2.75) is 30.8 Å². The van der Waals surface area contributed by atoms with Crippen molar-refractivity contribution in [2.24, 2.45) is 5.92 Å². The first-order valence-electron chi connectivity index (χ1n) is 11.1. The second-order valence-corrected chi connectivity index (χ2v) is 8.74. The largest absolute Gasteiger partial charge is 0.497 e. The third-order valence-electron chi connectivity index (χ3n) is 6.71. The van der Waals surface area contributed by atoms with E-state index in [0.29, 0.717) is 6.54 Å². The molecule has 2 heterocycles. The third kappa shape index (κ3) is 3.74.